The van der Waals surface area contributed by atoms with Crippen molar-refractivity contribution in [2.24, 2.45) is 4.40 Å². The van der Waals surface area contributed by atoms with Gasteiger partial charge < -0.3 is 0 Å². The standard InChI is InChI=1S/C11H15NS/c1-3-4-9-12-13-11-8-6-5-7-10(11)2/h5-9H,3-4H2,1-2H3/b12-9+. The molecule has 13 heavy (non-hydrogen) atoms. The predicted molar refractivity (Wildman–Crippen MR) is 60.4 cm³/mol. The minimum Gasteiger partial charge on any atom is -0.224 e. The summed E-state index contributed by atoms with van der Waals surface area (Å²) in [6, 6.07) is 8.31. The molecule has 1 aromatic carbocycles. The van der Waals surface area contributed by atoms with Crippen LogP contribution in [0.3, 0.4) is 0 Å². The van der Waals surface area contributed by atoms with Crippen molar-refractivity contribution in [1.29, 1.82) is 0 Å². The molecule has 2 heteroatoms. The Morgan fingerprint density at radius 2 is 2.15 bits per heavy atom. The van der Waals surface area contributed by atoms with Gasteiger partial charge in [0.2, 0.25) is 0 Å². The first-order chi connectivity index (χ1) is 6.34. The van der Waals surface area contributed by atoms with E-state index in [-0.39, 0.29) is 0 Å². The number of nitrogens with zero attached hydrogens (tertiary/aromatic N) is 1. The van der Waals surface area contributed by atoms with Crippen molar-refractivity contribution in [2.75, 3.05) is 0 Å². The van der Waals surface area contributed by atoms with E-state index in [9.17, 15) is 0 Å². The molecule has 1 rings (SSSR count). The Morgan fingerprint density at radius 1 is 1.38 bits per heavy atom. The lowest BCUT2D eigenvalue weighted by atomic mass is 10.2. The Hall–Kier alpha value is -0.760. The summed E-state index contributed by atoms with van der Waals surface area (Å²) < 4.78 is 4.28. The quantitative estimate of drug-likeness (QED) is 0.522. The van der Waals surface area contributed by atoms with Crippen LogP contribution in [0.4, 0.5) is 0 Å². The van der Waals surface area contributed by atoms with Crippen LogP contribution < -0.4 is 0 Å². The molecular formula is C11H15NS. The highest BCUT2D eigenvalue weighted by Gasteiger charge is 1.94. The second kappa shape index (κ2) is 5.81. The first kappa shape index (κ1) is 10.3. The Kier molecular flexibility index (Phi) is 4.61. The van der Waals surface area contributed by atoms with Gasteiger partial charge >= 0.3 is 0 Å². The smallest absolute Gasteiger partial charge is 0.0334 e. The molecule has 0 bridgehead atoms. The van der Waals surface area contributed by atoms with E-state index < -0.39 is 0 Å². The maximum Gasteiger partial charge on any atom is 0.0334 e. The molecule has 0 unspecified atom stereocenters. The minimum absolute atomic E-state index is 1.07. The van der Waals surface area contributed by atoms with E-state index in [4.69, 9.17) is 0 Å². The average Bonchev–Trinajstić information content (AvgIpc) is 2.15. The first-order valence-corrected chi connectivity index (χ1v) is 5.36. The predicted octanol–water partition coefficient (Wildman–Crippen LogP) is 3.87. The minimum atomic E-state index is 1.07. The number of rotatable bonds is 4. The van der Waals surface area contributed by atoms with E-state index in [1.54, 1.807) is 11.9 Å². The summed E-state index contributed by atoms with van der Waals surface area (Å²) in [5, 5.41) is 0. The molecule has 0 saturated carbocycles. The summed E-state index contributed by atoms with van der Waals surface area (Å²) in [5.74, 6) is 0. The van der Waals surface area contributed by atoms with E-state index in [0.29, 0.717) is 0 Å². The zero-order valence-electron chi connectivity index (χ0n) is 8.16. The number of benzene rings is 1. The van der Waals surface area contributed by atoms with Crippen molar-refractivity contribution in [1.82, 2.24) is 0 Å². The van der Waals surface area contributed by atoms with Crippen LogP contribution in [0, 0.1) is 6.92 Å². The topological polar surface area (TPSA) is 12.4 Å². The second-order valence-corrected chi connectivity index (χ2v) is 3.77. The summed E-state index contributed by atoms with van der Waals surface area (Å²) in [6.45, 7) is 4.27. The van der Waals surface area contributed by atoms with Crippen LogP contribution >= 0.6 is 11.9 Å². The number of aryl methyl sites for hydroxylation is 1. The van der Waals surface area contributed by atoms with Crippen molar-refractivity contribution in [3.05, 3.63) is 29.8 Å². The highest BCUT2D eigenvalue weighted by molar-refractivity contribution is 7.98. The molecule has 0 N–H and O–H groups in total. The maximum absolute atomic E-state index is 4.28. The largest absolute Gasteiger partial charge is 0.224 e. The summed E-state index contributed by atoms with van der Waals surface area (Å²) in [7, 11) is 0. The molecule has 0 aliphatic rings. The molecule has 0 aliphatic carbocycles. The molecule has 0 atom stereocenters. The molecule has 0 fully saturated rings. The third-order valence-corrected chi connectivity index (χ3v) is 2.65. The molecule has 1 aromatic rings. The summed E-state index contributed by atoms with van der Waals surface area (Å²) in [5.41, 5.74) is 1.29. The van der Waals surface area contributed by atoms with Gasteiger partial charge in [0.25, 0.3) is 0 Å². The van der Waals surface area contributed by atoms with Crippen molar-refractivity contribution < 1.29 is 0 Å². The van der Waals surface area contributed by atoms with Crippen molar-refractivity contribution in [3.63, 3.8) is 0 Å². The maximum atomic E-state index is 4.28. The van der Waals surface area contributed by atoms with E-state index in [0.717, 1.165) is 12.8 Å². The number of hydrogen-bond acceptors (Lipinski definition) is 2. The Bertz CT molecular complexity index is 281. The van der Waals surface area contributed by atoms with Crippen LogP contribution in [-0.2, 0) is 0 Å². The summed E-state index contributed by atoms with van der Waals surface area (Å²) in [4.78, 5) is 1.25. The highest BCUT2D eigenvalue weighted by Crippen LogP contribution is 2.22. The van der Waals surface area contributed by atoms with E-state index >= 15 is 0 Å². The van der Waals surface area contributed by atoms with Gasteiger partial charge in [0, 0.05) is 23.1 Å². The van der Waals surface area contributed by atoms with Crippen molar-refractivity contribution in [3.8, 4) is 0 Å². The molecule has 0 aromatic heterocycles. The van der Waals surface area contributed by atoms with Crippen LogP contribution in [0.5, 0.6) is 0 Å². The Balaban J connectivity index is 2.49. The van der Waals surface area contributed by atoms with Crippen molar-refractivity contribution >= 4 is 18.2 Å². The van der Waals surface area contributed by atoms with Gasteiger partial charge in [0.05, 0.1) is 0 Å². The van der Waals surface area contributed by atoms with Crippen LogP contribution in [-0.4, -0.2) is 6.21 Å². The fourth-order valence-corrected chi connectivity index (χ4v) is 1.58. The average molecular weight is 193 g/mol. The molecule has 0 heterocycles. The zero-order valence-corrected chi connectivity index (χ0v) is 8.97. The third kappa shape index (κ3) is 3.64. The van der Waals surface area contributed by atoms with E-state index in [2.05, 4.69) is 36.4 Å². The molecular weight excluding hydrogens is 178 g/mol. The van der Waals surface area contributed by atoms with Crippen LogP contribution in [0.2, 0.25) is 0 Å². The second-order valence-electron chi connectivity index (χ2n) is 2.93. The van der Waals surface area contributed by atoms with E-state index in [1.807, 2.05) is 12.3 Å². The third-order valence-electron chi connectivity index (χ3n) is 1.74. The molecule has 70 valence electrons. The van der Waals surface area contributed by atoms with Gasteiger partial charge in [0.15, 0.2) is 0 Å². The highest BCUT2D eigenvalue weighted by atomic mass is 32.2. The molecule has 0 amide bonds. The van der Waals surface area contributed by atoms with Gasteiger partial charge in [-0.05, 0) is 25.0 Å². The van der Waals surface area contributed by atoms with Gasteiger partial charge in [-0.1, -0.05) is 31.5 Å². The molecule has 1 nitrogen and oxygen atoms in total. The Labute approximate surface area is 84.4 Å². The first-order valence-electron chi connectivity index (χ1n) is 4.59. The normalized spacial score (nSPS) is 10.9. The Morgan fingerprint density at radius 3 is 2.85 bits per heavy atom. The van der Waals surface area contributed by atoms with E-state index in [1.165, 1.54) is 10.5 Å². The molecule has 0 saturated heterocycles. The number of hydrogen-bond donors (Lipinski definition) is 0. The lowest BCUT2D eigenvalue weighted by Gasteiger charge is -1.98. The fourth-order valence-electron chi connectivity index (χ4n) is 0.935. The molecule has 0 spiro atoms. The summed E-state index contributed by atoms with van der Waals surface area (Å²) in [6.07, 6.45) is 4.22. The van der Waals surface area contributed by atoms with Crippen LogP contribution in [0.25, 0.3) is 0 Å². The fraction of sp³-hybridized carbons (Fsp3) is 0.364. The van der Waals surface area contributed by atoms with Gasteiger partial charge in [-0.3, -0.25) is 0 Å². The monoisotopic (exact) mass is 193 g/mol. The van der Waals surface area contributed by atoms with Crippen molar-refractivity contribution in [2.45, 2.75) is 31.6 Å². The lowest BCUT2D eigenvalue weighted by Crippen LogP contribution is -1.76. The van der Waals surface area contributed by atoms with Gasteiger partial charge in [-0.2, -0.15) is 0 Å². The van der Waals surface area contributed by atoms with Gasteiger partial charge in [-0.25, -0.2) is 4.40 Å². The van der Waals surface area contributed by atoms with Gasteiger partial charge in [0.1, 0.15) is 0 Å². The SMILES string of the molecule is CCC/C=N/Sc1ccccc1C. The zero-order chi connectivity index (χ0) is 9.52. The van der Waals surface area contributed by atoms with Gasteiger partial charge in [-0.15, -0.1) is 0 Å². The molecule has 0 aliphatic heterocycles. The lowest BCUT2D eigenvalue weighted by molar-refractivity contribution is 1.01. The number of unbranched alkanes of at least 4 members (excludes halogenated alkanes) is 1. The van der Waals surface area contributed by atoms with Crippen LogP contribution in [0.15, 0.2) is 33.6 Å². The summed E-state index contributed by atoms with van der Waals surface area (Å²) >= 11 is 1.56. The van der Waals surface area contributed by atoms with Crippen LogP contribution in [0.1, 0.15) is 25.3 Å². The molecule has 0 radical (unpaired) electrons.